The van der Waals surface area contributed by atoms with E-state index in [0.29, 0.717) is 33.2 Å². The van der Waals surface area contributed by atoms with Gasteiger partial charge in [-0.25, -0.2) is 19.2 Å². The summed E-state index contributed by atoms with van der Waals surface area (Å²) < 4.78 is 19.8. The molecule has 2 fully saturated rings. The minimum atomic E-state index is -0.941. The van der Waals surface area contributed by atoms with Crippen molar-refractivity contribution >= 4 is 56.1 Å². The predicted octanol–water partition coefficient (Wildman–Crippen LogP) is 2.53. The molecular weight excluding hydrogens is 651 g/mol. The lowest BCUT2D eigenvalue weighted by Crippen LogP contribution is -2.66. The molecule has 0 aliphatic carbocycles. The molecule has 4 aromatic rings. The summed E-state index contributed by atoms with van der Waals surface area (Å²) in [5.74, 6) is 1.69. The molecule has 0 radical (unpaired) electrons. The molecule has 2 saturated heterocycles. The van der Waals surface area contributed by atoms with E-state index in [1.165, 1.54) is 33.4 Å². The van der Waals surface area contributed by atoms with Crippen LogP contribution in [0.3, 0.4) is 0 Å². The molecule has 5 amide bonds. The van der Waals surface area contributed by atoms with E-state index in [1.807, 2.05) is 18.2 Å². The first kappa shape index (κ1) is 31.9. The number of amides is 5. The van der Waals surface area contributed by atoms with Crippen LogP contribution in [0.25, 0.3) is 10.2 Å². The lowest BCUT2D eigenvalue weighted by atomic mass is 9.99. The number of terminal acetylenes is 1. The van der Waals surface area contributed by atoms with E-state index in [1.54, 1.807) is 40.2 Å². The Morgan fingerprint density at radius 1 is 1.16 bits per heavy atom. The maximum atomic E-state index is 14.3. The molecule has 3 aliphatic rings. The number of halogens is 1. The zero-order chi connectivity index (χ0) is 34.2. The Bertz CT molecular complexity index is 2010. The van der Waals surface area contributed by atoms with Gasteiger partial charge in [-0.3, -0.25) is 14.4 Å². The molecule has 0 bridgehead atoms. The van der Waals surface area contributed by atoms with Gasteiger partial charge in [0, 0.05) is 19.5 Å². The van der Waals surface area contributed by atoms with Crippen LogP contribution in [-0.4, -0.2) is 87.0 Å². The number of hydrogen-bond acceptors (Lipinski definition) is 9. The number of nitrogens with two attached hydrogens (primary N) is 1. The normalized spacial score (nSPS) is 18.8. The number of anilines is 2. The third-order valence-corrected chi connectivity index (χ3v) is 9.55. The third-order valence-electron chi connectivity index (χ3n) is 8.70. The van der Waals surface area contributed by atoms with E-state index in [9.17, 15) is 23.6 Å². The number of piperazine rings is 1. The Hall–Kier alpha value is -5.72. The number of carbonyl (C=O) groups excluding carboxylic acids is 4. The number of rotatable bonds is 8. The summed E-state index contributed by atoms with van der Waals surface area (Å²) in [5.41, 5.74) is 9.33. The first-order valence-electron chi connectivity index (χ1n) is 15.5. The SMILES string of the molecule is C#CCN(C(=O)NCc1ccc(F)cc1)N1CC(=O)N2[C@@H](Cc3ccc4c(c3)NC(=O)CO4)C(=O)N(Cc3cccc4sc(N)nc34)C[C@@H]21. The van der Waals surface area contributed by atoms with Crippen LogP contribution in [0.15, 0.2) is 60.7 Å². The van der Waals surface area contributed by atoms with Gasteiger partial charge in [-0.05, 0) is 47.0 Å². The summed E-state index contributed by atoms with van der Waals surface area (Å²) in [6.07, 6.45) is 5.10. The number of nitrogens with one attached hydrogen (secondary N) is 2. The molecule has 4 heterocycles. The van der Waals surface area contributed by atoms with Gasteiger partial charge in [-0.1, -0.05) is 47.6 Å². The number of hydrogen-bond donors (Lipinski definition) is 3. The van der Waals surface area contributed by atoms with Gasteiger partial charge >= 0.3 is 6.03 Å². The minimum Gasteiger partial charge on any atom is -0.482 e. The molecule has 3 aromatic carbocycles. The number of thiazole rings is 1. The summed E-state index contributed by atoms with van der Waals surface area (Å²) >= 11 is 1.35. The Morgan fingerprint density at radius 3 is 2.76 bits per heavy atom. The van der Waals surface area contributed by atoms with Crippen LogP contribution in [0.5, 0.6) is 5.75 Å². The number of aromatic nitrogens is 1. The number of urea groups is 1. The average Bonchev–Trinajstić information content (AvgIpc) is 3.63. The number of benzene rings is 3. The molecule has 15 heteroatoms. The molecular formula is C34H31FN8O5S. The molecule has 3 aliphatic heterocycles. The van der Waals surface area contributed by atoms with Gasteiger partial charge in [0.2, 0.25) is 11.8 Å². The van der Waals surface area contributed by atoms with Crippen molar-refractivity contribution in [3.05, 3.63) is 83.2 Å². The van der Waals surface area contributed by atoms with Crippen molar-refractivity contribution in [3.63, 3.8) is 0 Å². The van der Waals surface area contributed by atoms with Gasteiger partial charge in [0.05, 0.1) is 35.5 Å². The lowest BCUT2D eigenvalue weighted by Gasteiger charge is -2.46. The zero-order valence-corrected chi connectivity index (χ0v) is 26.9. The van der Waals surface area contributed by atoms with E-state index in [0.717, 1.165) is 10.3 Å². The van der Waals surface area contributed by atoms with Gasteiger partial charge in [0.25, 0.3) is 5.91 Å². The molecule has 2 atom stereocenters. The van der Waals surface area contributed by atoms with Crippen molar-refractivity contribution < 1.29 is 28.3 Å². The number of hydrazine groups is 1. The van der Waals surface area contributed by atoms with Gasteiger partial charge < -0.3 is 30.9 Å². The van der Waals surface area contributed by atoms with Crippen molar-refractivity contribution in [1.82, 2.24) is 30.1 Å². The van der Waals surface area contributed by atoms with Gasteiger partial charge in [-0.15, -0.1) is 6.42 Å². The molecule has 0 spiro atoms. The molecule has 49 heavy (non-hydrogen) atoms. The Kier molecular flexibility index (Phi) is 8.49. The number of nitrogen functional groups attached to an aromatic ring is 1. The minimum absolute atomic E-state index is 0.0808. The molecule has 13 nitrogen and oxygen atoms in total. The van der Waals surface area contributed by atoms with Crippen molar-refractivity contribution in [2.24, 2.45) is 0 Å². The smallest absolute Gasteiger partial charge is 0.333 e. The Labute approximate surface area is 284 Å². The quantitative estimate of drug-likeness (QED) is 0.240. The van der Waals surface area contributed by atoms with Crippen molar-refractivity contribution in [3.8, 4) is 18.1 Å². The molecule has 0 saturated carbocycles. The lowest BCUT2D eigenvalue weighted by molar-refractivity contribution is -0.157. The Morgan fingerprint density at radius 2 is 1.96 bits per heavy atom. The highest BCUT2D eigenvalue weighted by atomic mass is 32.1. The summed E-state index contributed by atoms with van der Waals surface area (Å²) in [5, 5.41) is 8.89. The predicted molar refractivity (Wildman–Crippen MR) is 179 cm³/mol. The highest BCUT2D eigenvalue weighted by Gasteiger charge is 2.52. The first-order chi connectivity index (χ1) is 23.7. The second-order valence-electron chi connectivity index (χ2n) is 11.8. The third kappa shape index (κ3) is 6.31. The fourth-order valence-corrected chi connectivity index (χ4v) is 7.25. The largest absolute Gasteiger partial charge is 0.482 e. The summed E-state index contributed by atoms with van der Waals surface area (Å²) in [6, 6.07) is 15.2. The van der Waals surface area contributed by atoms with E-state index in [2.05, 4.69) is 21.5 Å². The average molecular weight is 683 g/mol. The van der Waals surface area contributed by atoms with Crippen LogP contribution >= 0.6 is 11.3 Å². The maximum Gasteiger partial charge on any atom is 0.333 e. The molecule has 0 unspecified atom stereocenters. The highest BCUT2D eigenvalue weighted by Crippen LogP contribution is 2.34. The van der Waals surface area contributed by atoms with Gasteiger partial charge in [0.15, 0.2) is 11.7 Å². The van der Waals surface area contributed by atoms with E-state index in [-0.39, 0.29) is 63.5 Å². The van der Waals surface area contributed by atoms with E-state index in [4.69, 9.17) is 16.9 Å². The van der Waals surface area contributed by atoms with Crippen LogP contribution in [0.1, 0.15) is 16.7 Å². The monoisotopic (exact) mass is 682 g/mol. The number of ether oxygens (including phenoxy) is 1. The van der Waals surface area contributed by atoms with E-state index >= 15 is 0 Å². The molecule has 4 N–H and O–H groups in total. The molecule has 7 rings (SSSR count). The fraction of sp³-hybridized carbons (Fsp3) is 0.265. The Balaban J connectivity index is 1.20. The number of nitrogens with zero attached hydrogens (tertiary/aromatic N) is 5. The van der Waals surface area contributed by atoms with E-state index < -0.39 is 24.1 Å². The fourth-order valence-electron chi connectivity index (χ4n) is 6.46. The van der Waals surface area contributed by atoms with Crippen LogP contribution in [0.2, 0.25) is 0 Å². The van der Waals surface area contributed by atoms with Crippen molar-refractivity contribution in [1.29, 1.82) is 0 Å². The number of fused-ring (bicyclic) bond motifs is 3. The zero-order valence-electron chi connectivity index (χ0n) is 26.1. The second kappa shape index (κ2) is 13.1. The second-order valence-corrected chi connectivity index (χ2v) is 12.9. The maximum absolute atomic E-state index is 14.3. The standard InChI is InChI=1S/C34H31FN8O5S/c1-2-12-41(34(47)37-15-20-6-9-23(35)10-7-20)42-18-30(45)43-25(14-21-8-11-26-24(13-21)38-28(44)19-48-26)32(46)40(17-29(42)43)16-22-4-3-5-27-31(22)39-33(36)49-27/h1,3-11,13,25,29H,12,14-19H2,(H2,36,39)(H,37,47)(H,38,44)/t25-,29+/m0/s1. The van der Waals surface area contributed by atoms with Crippen molar-refractivity contribution in [2.75, 3.05) is 37.3 Å². The van der Waals surface area contributed by atoms with Gasteiger partial charge in [-0.2, -0.15) is 5.01 Å². The summed E-state index contributed by atoms with van der Waals surface area (Å²) in [6.45, 7) is -0.0680. The van der Waals surface area contributed by atoms with Crippen LogP contribution in [-0.2, 0) is 33.9 Å². The van der Waals surface area contributed by atoms with Crippen LogP contribution < -0.4 is 21.1 Å². The summed E-state index contributed by atoms with van der Waals surface area (Å²) in [4.78, 5) is 61.4. The number of carbonyl (C=O) groups is 4. The van der Waals surface area contributed by atoms with Gasteiger partial charge in [0.1, 0.15) is 23.8 Å². The number of para-hydroxylation sites is 1. The topological polar surface area (TPSA) is 153 Å². The van der Waals surface area contributed by atoms with Crippen LogP contribution in [0.4, 0.5) is 20.0 Å². The first-order valence-corrected chi connectivity index (χ1v) is 16.3. The van der Waals surface area contributed by atoms with Crippen LogP contribution in [0, 0.1) is 18.2 Å². The summed E-state index contributed by atoms with van der Waals surface area (Å²) in [7, 11) is 0. The molecule has 250 valence electrons. The van der Waals surface area contributed by atoms with Crippen molar-refractivity contribution in [2.45, 2.75) is 31.7 Å². The highest BCUT2D eigenvalue weighted by molar-refractivity contribution is 7.22. The molecule has 1 aromatic heterocycles.